The van der Waals surface area contributed by atoms with Gasteiger partial charge in [0.25, 0.3) is 0 Å². The molecule has 3 heterocycles. The summed E-state index contributed by atoms with van der Waals surface area (Å²) in [5.41, 5.74) is 2.42. The van der Waals surface area contributed by atoms with E-state index in [4.69, 9.17) is 0 Å². The minimum Gasteiger partial charge on any atom is -0.370 e. The van der Waals surface area contributed by atoms with Crippen LogP contribution >= 0.6 is 0 Å². The van der Waals surface area contributed by atoms with E-state index in [2.05, 4.69) is 39.9 Å². The minimum atomic E-state index is 0.700. The van der Waals surface area contributed by atoms with Crippen LogP contribution in [-0.4, -0.2) is 24.6 Å². The highest BCUT2D eigenvalue weighted by Crippen LogP contribution is 2.20. The largest absolute Gasteiger partial charge is 0.370 e. The number of rotatable bonds is 2. The quantitative estimate of drug-likeness (QED) is 0.788. The van der Waals surface area contributed by atoms with Gasteiger partial charge in [-0.1, -0.05) is 12.1 Å². The zero-order valence-corrected chi connectivity index (χ0v) is 9.37. The summed E-state index contributed by atoms with van der Waals surface area (Å²) in [6, 6.07) is 4.32. The number of hydrogen-bond donors (Lipinski definition) is 2. The molecule has 3 heteroatoms. The molecule has 0 unspecified atom stereocenters. The number of anilines is 1. The number of hydrogen-bond acceptors (Lipinski definition) is 3. The average Bonchev–Trinajstić information content (AvgIpc) is 2.27. The molecule has 0 saturated carbocycles. The smallest absolute Gasteiger partial charge is 0.129 e. The van der Waals surface area contributed by atoms with Crippen LogP contribution in [0.15, 0.2) is 18.2 Å². The lowest BCUT2D eigenvalue weighted by Crippen LogP contribution is -2.40. The molecule has 3 rings (SSSR count). The molecule has 2 aliphatic heterocycles. The highest BCUT2D eigenvalue weighted by molar-refractivity contribution is 5.54. The van der Waals surface area contributed by atoms with E-state index in [9.17, 15) is 0 Å². The van der Waals surface area contributed by atoms with E-state index in [-0.39, 0.29) is 0 Å². The van der Waals surface area contributed by atoms with E-state index in [0.717, 1.165) is 37.6 Å². The van der Waals surface area contributed by atoms with Crippen LogP contribution in [0, 0.1) is 5.92 Å². The van der Waals surface area contributed by atoms with Crippen LogP contribution in [0.4, 0.5) is 5.82 Å². The van der Waals surface area contributed by atoms with Crippen molar-refractivity contribution in [3.8, 4) is 0 Å². The molecule has 0 aromatic carbocycles. The molecule has 0 bridgehead atoms. The third-order valence-corrected chi connectivity index (χ3v) is 3.27. The lowest BCUT2D eigenvalue weighted by molar-refractivity contribution is 0.420. The Kier molecular flexibility index (Phi) is 2.62. The topological polar surface area (TPSA) is 37.0 Å². The van der Waals surface area contributed by atoms with Crippen LogP contribution in [0.25, 0.3) is 6.08 Å². The monoisotopic (exact) mass is 215 g/mol. The Balaban J connectivity index is 1.77. The molecule has 1 saturated heterocycles. The Morgan fingerprint density at radius 1 is 1.31 bits per heavy atom. The van der Waals surface area contributed by atoms with Gasteiger partial charge >= 0.3 is 0 Å². The van der Waals surface area contributed by atoms with Crippen molar-refractivity contribution in [3.63, 3.8) is 0 Å². The molecule has 0 atom stereocenters. The number of aromatic nitrogens is 1. The molecule has 2 aliphatic rings. The van der Waals surface area contributed by atoms with Crippen molar-refractivity contribution in [1.29, 1.82) is 0 Å². The first-order valence-electron chi connectivity index (χ1n) is 6.04. The van der Waals surface area contributed by atoms with Gasteiger partial charge in [0.15, 0.2) is 0 Å². The first-order valence-corrected chi connectivity index (χ1v) is 6.04. The molecule has 16 heavy (non-hydrogen) atoms. The van der Waals surface area contributed by atoms with Crippen molar-refractivity contribution in [2.75, 3.05) is 25.0 Å². The molecule has 0 amide bonds. The zero-order valence-electron chi connectivity index (χ0n) is 9.37. The summed E-state index contributed by atoms with van der Waals surface area (Å²) in [6.07, 6.45) is 6.78. The molecule has 3 nitrogen and oxygen atoms in total. The first-order chi connectivity index (χ1) is 7.92. The van der Waals surface area contributed by atoms with Crippen LogP contribution in [0.2, 0.25) is 0 Å². The van der Waals surface area contributed by atoms with Crippen LogP contribution < -0.4 is 10.6 Å². The van der Waals surface area contributed by atoms with Gasteiger partial charge in [0, 0.05) is 25.6 Å². The van der Waals surface area contributed by atoms with Crippen molar-refractivity contribution in [2.45, 2.75) is 12.8 Å². The molecular weight excluding hydrogens is 198 g/mol. The second kappa shape index (κ2) is 4.26. The Morgan fingerprint density at radius 3 is 3.06 bits per heavy atom. The van der Waals surface area contributed by atoms with E-state index in [0.29, 0.717) is 5.92 Å². The lowest BCUT2D eigenvalue weighted by atomic mass is 10.0. The number of nitrogens with one attached hydrogen (secondary N) is 2. The van der Waals surface area contributed by atoms with Crippen molar-refractivity contribution in [2.24, 2.45) is 5.92 Å². The van der Waals surface area contributed by atoms with E-state index in [1.165, 1.54) is 12.0 Å². The number of pyridine rings is 1. The molecule has 0 aliphatic carbocycles. The Hall–Kier alpha value is -1.35. The second-order valence-electron chi connectivity index (χ2n) is 4.55. The fraction of sp³-hybridized carbons (Fsp3) is 0.462. The van der Waals surface area contributed by atoms with E-state index in [1.54, 1.807) is 0 Å². The lowest BCUT2D eigenvalue weighted by Gasteiger charge is -2.23. The van der Waals surface area contributed by atoms with Gasteiger partial charge in [-0.15, -0.1) is 0 Å². The standard InChI is InChI=1S/C13H17N3/c1-2-11-4-6-12(16-13(11)15-7-1)5-3-10-8-14-9-10/h3-6,10,14H,1-2,7-9H2,(H,15,16). The zero-order chi connectivity index (χ0) is 10.8. The summed E-state index contributed by atoms with van der Waals surface area (Å²) in [7, 11) is 0. The van der Waals surface area contributed by atoms with Crippen LogP contribution in [-0.2, 0) is 6.42 Å². The van der Waals surface area contributed by atoms with Gasteiger partial charge in [-0.05, 0) is 30.5 Å². The number of aryl methyl sites for hydroxylation is 1. The van der Waals surface area contributed by atoms with Gasteiger partial charge in [0.05, 0.1) is 5.69 Å². The first kappa shape index (κ1) is 9.85. The van der Waals surface area contributed by atoms with Gasteiger partial charge in [-0.3, -0.25) is 0 Å². The normalized spacial score (nSPS) is 20.2. The maximum Gasteiger partial charge on any atom is 0.129 e. The third-order valence-electron chi connectivity index (χ3n) is 3.27. The third kappa shape index (κ3) is 1.95. The fourth-order valence-corrected chi connectivity index (χ4v) is 2.12. The Labute approximate surface area is 96.0 Å². The number of nitrogens with zero attached hydrogens (tertiary/aromatic N) is 1. The van der Waals surface area contributed by atoms with Gasteiger partial charge < -0.3 is 10.6 Å². The summed E-state index contributed by atoms with van der Waals surface area (Å²) in [5.74, 6) is 1.78. The molecular formula is C13H17N3. The van der Waals surface area contributed by atoms with Gasteiger partial charge in [-0.2, -0.15) is 0 Å². The maximum absolute atomic E-state index is 4.63. The summed E-state index contributed by atoms with van der Waals surface area (Å²) >= 11 is 0. The molecule has 1 aromatic rings. The average molecular weight is 215 g/mol. The number of fused-ring (bicyclic) bond motifs is 1. The summed E-state index contributed by atoms with van der Waals surface area (Å²) in [6.45, 7) is 3.28. The van der Waals surface area contributed by atoms with Crippen molar-refractivity contribution in [3.05, 3.63) is 29.5 Å². The van der Waals surface area contributed by atoms with Crippen LogP contribution in [0.3, 0.4) is 0 Å². The van der Waals surface area contributed by atoms with Crippen molar-refractivity contribution in [1.82, 2.24) is 10.3 Å². The Morgan fingerprint density at radius 2 is 2.25 bits per heavy atom. The van der Waals surface area contributed by atoms with Crippen molar-refractivity contribution < 1.29 is 0 Å². The molecule has 1 aromatic heterocycles. The van der Waals surface area contributed by atoms with Gasteiger partial charge in [0.1, 0.15) is 5.82 Å². The molecule has 1 fully saturated rings. The van der Waals surface area contributed by atoms with E-state index in [1.807, 2.05) is 0 Å². The van der Waals surface area contributed by atoms with Gasteiger partial charge in [-0.25, -0.2) is 4.98 Å². The highest BCUT2D eigenvalue weighted by atomic mass is 15.0. The van der Waals surface area contributed by atoms with Gasteiger partial charge in [0.2, 0.25) is 0 Å². The molecule has 0 radical (unpaired) electrons. The second-order valence-corrected chi connectivity index (χ2v) is 4.55. The fourth-order valence-electron chi connectivity index (χ4n) is 2.12. The minimum absolute atomic E-state index is 0.700. The van der Waals surface area contributed by atoms with Crippen molar-refractivity contribution >= 4 is 11.9 Å². The Bertz CT molecular complexity index is 408. The molecule has 0 spiro atoms. The van der Waals surface area contributed by atoms with Crippen LogP contribution in [0.5, 0.6) is 0 Å². The predicted molar refractivity (Wildman–Crippen MR) is 66.4 cm³/mol. The molecule has 2 N–H and O–H groups in total. The highest BCUT2D eigenvalue weighted by Gasteiger charge is 2.13. The van der Waals surface area contributed by atoms with E-state index < -0.39 is 0 Å². The maximum atomic E-state index is 4.63. The van der Waals surface area contributed by atoms with Crippen LogP contribution in [0.1, 0.15) is 17.7 Å². The SMILES string of the molecule is C(=CC1CNC1)c1ccc2c(n1)NCCC2. The summed E-state index contributed by atoms with van der Waals surface area (Å²) in [4.78, 5) is 4.63. The summed E-state index contributed by atoms with van der Waals surface area (Å²) < 4.78 is 0. The molecule has 84 valence electrons. The van der Waals surface area contributed by atoms with E-state index >= 15 is 0 Å². The predicted octanol–water partition coefficient (Wildman–Crippen LogP) is 1.67. The summed E-state index contributed by atoms with van der Waals surface area (Å²) in [5, 5.41) is 6.62.